The van der Waals surface area contributed by atoms with Gasteiger partial charge in [0.15, 0.2) is 5.82 Å². The SMILES string of the molecule is Cc1cccc(C(=O)N/C(=C/c2cccc(Br)c2)c2nc3ccccc3[nH]2)c1. The summed E-state index contributed by atoms with van der Waals surface area (Å²) in [6.07, 6.45) is 1.91. The molecule has 1 heterocycles. The van der Waals surface area contributed by atoms with E-state index in [4.69, 9.17) is 0 Å². The van der Waals surface area contributed by atoms with Gasteiger partial charge in [0, 0.05) is 10.0 Å². The molecule has 0 unspecified atom stereocenters. The van der Waals surface area contributed by atoms with Gasteiger partial charge in [0.25, 0.3) is 5.91 Å². The number of para-hydroxylation sites is 2. The lowest BCUT2D eigenvalue weighted by atomic mass is 10.1. The maximum atomic E-state index is 12.9. The van der Waals surface area contributed by atoms with Gasteiger partial charge in [-0.05, 0) is 55.0 Å². The van der Waals surface area contributed by atoms with Crippen molar-refractivity contribution in [3.8, 4) is 0 Å². The molecule has 0 bridgehead atoms. The van der Waals surface area contributed by atoms with Gasteiger partial charge in [-0.3, -0.25) is 4.79 Å². The van der Waals surface area contributed by atoms with Crippen LogP contribution in [0.1, 0.15) is 27.3 Å². The van der Waals surface area contributed by atoms with Crippen LogP contribution in [0.5, 0.6) is 0 Å². The molecular formula is C23H18BrN3O. The highest BCUT2D eigenvalue weighted by Crippen LogP contribution is 2.20. The molecule has 138 valence electrons. The molecular weight excluding hydrogens is 414 g/mol. The fourth-order valence-corrected chi connectivity index (χ4v) is 3.40. The van der Waals surface area contributed by atoms with E-state index in [1.807, 2.05) is 79.7 Å². The van der Waals surface area contributed by atoms with Crippen LogP contribution in [0.3, 0.4) is 0 Å². The van der Waals surface area contributed by atoms with Crippen molar-refractivity contribution < 1.29 is 4.79 Å². The fraction of sp³-hybridized carbons (Fsp3) is 0.0435. The van der Waals surface area contributed by atoms with E-state index in [-0.39, 0.29) is 5.91 Å². The van der Waals surface area contributed by atoms with E-state index in [1.165, 1.54) is 0 Å². The molecule has 28 heavy (non-hydrogen) atoms. The number of imidazole rings is 1. The molecule has 3 aromatic carbocycles. The first-order chi connectivity index (χ1) is 13.6. The van der Waals surface area contributed by atoms with Crippen LogP contribution in [0.2, 0.25) is 0 Å². The molecule has 2 N–H and O–H groups in total. The summed E-state index contributed by atoms with van der Waals surface area (Å²) in [5, 5.41) is 3.02. The Morgan fingerprint density at radius 2 is 1.86 bits per heavy atom. The zero-order valence-corrected chi connectivity index (χ0v) is 16.8. The second-order valence-corrected chi connectivity index (χ2v) is 7.45. The summed E-state index contributed by atoms with van der Waals surface area (Å²) in [4.78, 5) is 20.8. The minimum absolute atomic E-state index is 0.176. The summed E-state index contributed by atoms with van der Waals surface area (Å²) in [5.41, 5.74) is 4.98. The minimum atomic E-state index is -0.176. The molecule has 0 aliphatic rings. The summed E-state index contributed by atoms with van der Waals surface area (Å²) in [6.45, 7) is 1.97. The third kappa shape index (κ3) is 4.05. The summed E-state index contributed by atoms with van der Waals surface area (Å²) in [6, 6.07) is 23.2. The Morgan fingerprint density at radius 1 is 1.04 bits per heavy atom. The fourth-order valence-electron chi connectivity index (χ4n) is 2.99. The number of H-pyrrole nitrogens is 1. The Balaban J connectivity index is 1.75. The molecule has 0 aliphatic heterocycles. The van der Waals surface area contributed by atoms with Gasteiger partial charge in [0.1, 0.15) is 0 Å². The van der Waals surface area contributed by atoms with Gasteiger partial charge in [-0.1, -0.05) is 57.9 Å². The first-order valence-electron chi connectivity index (χ1n) is 8.89. The summed E-state index contributed by atoms with van der Waals surface area (Å²) >= 11 is 3.49. The van der Waals surface area contributed by atoms with E-state index in [2.05, 4.69) is 31.2 Å². The number of aryl methyl sites for hydroxylation is 1. The first kappa shape index (κ1) is 18.2. The number of aromatic amines is 1. The van der Waals surface area contributed by atoms with E-state index in [9.17, 15) is 4.79 Å². The highest BCUT2D eigenvalue weighted by Gasteiger charge is 2.13. The van der Waals surface area contributed by atoms with Crippen LogP contribution in [0, 0.1) is 6.92 Å². The number of aromatic nitrogens is 2. The number of nitrogens with one attached hydrogen (secondary N) is 2. The lowest BCUT2D eigenvalue weighted by Crippen LogP contribution is -2.22. The Kier molecular flexibility index (Phi) is 5.08. The average Bonchev–Trinajstić information content (AvgIpc) is 3.12. The van der Waals surface area contributed by atoms with E-state index >= 15 is 0 Å². The lowest BCUT2D eigenvalue weighted by Gasteiger charge is -2.09. The topological polar surface area (TPSA) is 57.8 Å². The second kappa shape index (κ2) is 7.82. The Labute approximate surface area is 171 Å². The quantitative estimate of drug-likeness (QED) is 0.444. The largest absolute Gasteiger partial charge is 0.337 e. The number of hydrogen-bond acceptors (Lipinski definition) is 2. The smallest absolute Gasteiger partial charge is 0.255 e. The zero-order chi connectivity index (χ0) is 19.5. The molecule has 0 fully saturated rings. The standard InChI is InChI=1S/C23H18BrN3O/c1-15-6-4-8-17(12-15)23(28)27-21(14-16-7-5-9-18(24)13-16)22-25-19-10-2-3-11-20(19)26-22/h2-14H,1H3,(H,25,26)(H,27,28)/b21-14+. The number of fused-ring (bicyclic) bond motifs is 1. The highest BCUT2D eigenvalue weighted by molar-refractivity contribution is 9.10. The number of hydrogen-bond donors (Lipinski definition) is 2. The predicted octanol–water partition coefficient (Wildman–Crippen LogP) is 5.56. The van der Waals surface area contributed by atoms with Crippen LogP contribution in [0.4, 0.5) is 0 Å². The van der Waals surface area contributed by atoms with Crippen LogP contribution < -0.4 is 5.32 Å². The zero-order valence-electron chi connectivity index (χ0n) is 15.2. The van der Waals surface area contributed by atoms with Gasteiger partial charge in [-0.25, -0.2) is 4.98 Å². The van der Waals surface area contributed by atoms with E-state index in [1.54, 1.807) is 6.07 Å². The summed E-state index contributed by atoms with van der Waals surface area (Å²) in [5.74, 6) is 0.438. The van der Waals surface area contributed by atoms with E-state index < -0.39 is 0 Å². The average molecular weight is 432 g/mol. The number of amides is 1. The van der Waals surface area contributed by atoms with Gasteiger partial charge in [0.05, 0.1) is 16.7 Å². The van der Waals surface area contributed by atoms with Crippen molar-refractivity contribution in [2.24, 2.45) is 0 Å². The normalized spacial score (nSPS) is 11.6. The molecule has 1 amide bonds. The molecule has 0 atom stereocenters. The Hall–Kier alpha value is -3.18. The van der Waals surface area contributed by atoms with Crippen LogP contribution in [-0.4, -0.2) is 15.9 Å². The first-order valence-corrected chi connectivity index (χ1v) is 9.68. The molecule has 0 saturated heterocycles. The van der Waals surface area contributed by atoms with Crippen LogP contribution in [-0.2, 0) is 0 Å². The maximum Gasteiger partial charge on any atom is 0.255 e. The van der Waals surface area contributed by atoms with E-state index in [0.29, 0.717) is 17.1 Å². The molecule has 0 radical (unpaired) electrons. The Bertz CT molecular complexity index is 1160. The van der Waals surface area contributed by atoms with Crippen molar-refractivity contribution in [2.75, 3.05) is 0 Å². The van der Waals surface area contributed by atoms with Gasteiger partial charge in [0.2, 0.25) is 0 Å². The number of carbonyl (C=O) groups excluding carboxylic acids is 1. The third-order valence-electron chi connectivity index (χ3n) is 4.33. The lowest BCUT2D eigenvalue weighted by molar-refractivity contribution is 0.0973. The maximum absolute atomic E-state index is 12.9. The van der Waals surface area contributed by atoms with Crippen molar-refractivity contribution >= 4 is 44.6 Å². The van der Waals surface area contributed by atoms with Crippen LogP contribution >= 0.6 is 15.9 Å². The molecule has 4 aromatic rings. The van der Waals surface area contributed by atoms with Crippen molar-refractivity contribution in [2.45, 2.75) is 6.92 Å². The molecule has 4 rings (SSSR count). The van der Waals surface area contributed by atoms with Gasteiger partial charge >= 0.3 is 0 Å². The number of halogens is 1. The summed E-state index contributed by atoms with van der Waals surface area (Å²) < 4.78 is 0.968. The molecule has 1 aromatic heterocycles. The van der Waals surface area contributed by atoms with Crippen molar-refractivity contribution in [3.05, 3.63) is 99.8 Å². The number of rotatable bonds is 4. The Morgan fingerprint density at radius 3 is 2.64 bits per heavy atom. The molecule has 0 spiro atoms. The molecule has 5 heteroatoms. The number of nitrogens with zero attached hydrogens (tertiary/aromatic N) is 1. The third-order valence-corrected chi connectivity index (χ3v) is 4.83. The van der Waals surface area contributed by atoms with E-state index in [0.717, 1.165) is 26.6 Å². The minimum Gasteiger partial charge on any atom is -0.337 e. The van der Waals surface area contributed by atoms with Crippen LogP contribution in [0.25, 0.3) is 22.8 Å². The monoisotopic (exact) mass is 431 g/mol. The molecule has 4 nitrogen and oxygen atoms in total. The highest BCUT2D eigenvalue weighted by atomic mass is 79.9. The predicted molar refractivity (Wildman–Crippen MR) is 117 cm³/mol. The van der Waals surface area contributed by atoms with Gasteiger partial charge in [-0.2, -0.15) is 0 Å². The van der Waals surface area contributed by atoms with Crippen molar-refractivity contribution in [1.82, 2.24) is 15.3 Å². The number of carbonyl (C=O) groups is 1. The molecule has 0 aliphatic carbocycles. The summed E-state index contributed by atoms with van der Waals surface area (Å²) in [7, 11) is 0. The number of benzene rings is 3. The second-order valence-electron chi connectivity index (χ2n) is 6.54. The van der Waals surface area contributed by atoms with Crippen molar-refractivity contribution in [3.63, 3.8) is 0 Å². The van der Waals surface area contributed by atoms with Crippen LogP contribution in [0.15, 0.2) is 77.3 Å². The van der Waals surface area contributed by atoms with Gasteiger partial charge in [-0.15, -0.1) is 0 Å². The van der Waals surface area contributed by atoms with Gasteiger partial charge < -0.3 is 10.3 Å². The molecule has 0 saturated carbocycles. The van der Waals surface area contributed by atoms with Crippen molar-refractivity contribution in [1.29, 1.82) is 0 Å².